The van der Waals surface area contributed by atoms with Crippen LogP contribution in [0.3, 0.4) is 0 Å². The number of methoxy groups -OCH3 is 2. The standard InChI is InChI=1S/C19H25N5O4.ClH/c1-22-17-16(18(25)23(2)19(22)26)24(12-21-17)10-9-20-8-7-13-5-6-14(27-3)15(11-13)28-4;/h5-6,11-12,20H,7-10H2,1-4H3;1H. The van der Waals surface area contributed by atoms with E-state index in [1.54, 1.807) is 32.2 Å². The van der Waals surface area contributed by atoms with Crippen LogP contribution in [0.2, 0.25) is 0 Å². The molecule has 1 N–H and O–H groups in total. The maximum Gasteiger partial charge on any atom is 0.332 e. The second-order valence-corrected chi connectivity index (χ2v) is 6.51. The molecule has 3 aromatic rings. The summed E-state index contributed by atoms with van der Waals surface area (Å²) in [5.74, 6) is 1.42. The minimum Gasteiger partial charge on any atom is -0.493 e. The lowest BCUT2D eigenvalue weighted by Crippen LogP contribution is -2.37. The van der Waals surface area contributed by atoms with Crippen LogP contribution < -0.4 is 26.0 Å². The summed E-state index contributed by atoms with van der Waals surface area (Å²) >= 11 is 0. The molecule has 1 aromatic carbocycles. The van der Waals surface area contributed by atoms with Crippen LogP contribution >= 0.6 is 12.4 Å². The summed E-state index contributed by atoms with van der Waals surface area (Å²) in [4.78, 5) is 28.6. The van der Waals surface area contributed by atoms with Crippen molar-refractivity contribution in [3.05, 3.63) is 50.9 Å². The van der Waals surface area contributed by atoms with Crippen molar-refractivity contribution in [3.63, 3.8) is 0 Å². The molecular weight excluding hydrogens is 398 g/mol. The van der Waals surface area contributed by atoms with Gasteiger partial charge < -0.3 is 19.4 Å². The number of hydrogen-bond acceptors (Lipinski definition) is 6. The molecule has 2 heterocycles. The number of benzene rings is 1. The SMILES string of the molecule is COc1ccc(CCNCCn2cnc3c2c(=O)n(C)c(=O)n3C)cc1OC.Cl. The molecule has 0 unspecified atom stereocenters. The fourth-order valence-corrected chi connectivity index (χ4v) is 3.16. The molecule has 9 nitrogen and oxygen atoms in total. The number of halogens is 1. The summed E-state index contributed by atoms with van der Waals surface area (Å²) < 4.78 is 14.8. The van der Waals surface area contributed by atoms with Gasteiger partial charge in [-0.25, -0.2) is 9.78 Å². The summed E-state index contributed by atoms with van der Waals surface area (Å²) in [6, 6.07) is 5.87. The van der Waals surface area contributed by atoms with Crippen LogP contribution in [0.1, 0.15) is 5.56 Å². The topological polar surface area (TPSA) is 92.3 Å². The van der Waals surface area contributed by atoms with Gasteiger partial charge in [0.15, 0.2) is 22.7 Å². The van der Waals surface area contributed by atoms with Crippen molar-refractivity contribution in [1.82, 2.24) is 24.0 Å². The van der Waals surface area contributed by atoms with Gasteiger partial charge in [-0.05, 0) is 30.7 Å². The molecule has 0 saturated carbocycles. The second-order valence-electron chi connectivity index (χ2n) is 6.51. The number of fused-ring (bicyclic) bond motifs is 1. The fraction of sp³-hybridized carbons (Fsp3) is 0.421. The number of aryl methyl sites for hydroxylation is 1. The van der Waals surface area contributed by atoms with Gasteiger partial charge in [-0.1, -0.05) is 6.07 Å². The number of aromatic nitrogens is 4. The van der Waals surface area contributed by atoms with Crippen LogP contribution in [0.5, 0.6) is 11.5 Å². The van der Waals surface area contributed by atoms with Crippen LogP contribution in [0.25, 0.3) is 11.2 Å². The van der Waals surface area contributed by atoms with Crippen molar-refractivity contribution in [2.45, 2.75) is 13.0 Å². The van der Waals surface area contributed by atoms with E-state index in [9.17, 15) is 9.59 Å². The highest BCUT2D eigenvalue weighted by atomic mass is 35.5. The maximum absolute atomic E-state index is 12.4. The molecule has 0 amide bonds. The first-order valence-corrected chi connectivity index (χ1v) is 9.00. The average molecular weight is 424 g/mol. The summed E-state index contributed by atoms with van der Waals surface area (Å²) in [5.41, 5.74) is 1.27. The zero-order valence-corrected chi connectivity index (χ0v) is 17.8. The lowest BCUT2D eigenvalue weighted by molar-refractivity contribution is 0.354. The van der Waals surface area contributed by atoms with Gasteiger partial charge in [0.2, 0.25) is 0 Å². The summed E-state index contributed by atoms with van der Waals surface area (Å²) in [5, 5.41) is 3.36. The van der Waals surface area contributed by atoms with E-state index in [4.69, 9.17) is 9.47 Å². The van der Waals surface area contributed by atoms with E-state index in [0.717, 1.165) is 23.1 Å². The molecule has 3 rings (SSSR count). The van der Waals surface area contributed by atoms with Crippen molar-refractivity contribution in [1.29, 1.82) is 0 Å². The Morgan fingerprint density at radius 1 is 1.03 bits per heavy atom. The number of nitrogens with zero attached hydrogens (tertiary/aromatic N) is 4. The molecule has 0 saturated heterocycles. The highest BCUT2D eigenvalue weighted by molar-refractivity contribution is 5.85. The minimum absolute atomic E-state index is 0. The van der Waals surface area contributed by atoms with Crippen LogP contribution in [0, 0.1) is 0 Å². The first kappa shape index (κ1) is 22.5. The molecule has 2 aromatic heterocycles. The lowest BCUT2D eigenvalue weighted by Gasteiger charge is -2.10. The Bertz CT molecular complexity index is 1100. The molecule has 0 spiro atoms. The predicted molar refractivity (Wildman–Crippen MR) is 114 cm³/mol. The van der Waals surface area contributed by atoms with Gasteiger partial charge in [-0.2, -0.15) is 0 Å². The quantitative estimate of drug-likeness (QED) is 0.536. The Hall–Kier alpha value is -2.78. The van der Waals surface area contributed by atoms with Gasteiger partial charge in [-0.3, -0.25) is 13.9 Å². The zero-order valence-electron chi connectivity index (χ0n) is 17.0. The second kappa shape index (κ2) is 9.62. The van der Waals surface area contributed by atoms with Crippen LogP contribution in [0.15, 0.2) is 34.1 Å². The van der Waals surface area contributed by atoms with E-state index >= 15 is 0 Å². The van der Waals surface area contributed by atoms with Crippen molar-refractivity contribution in [2.24, 2.45) is 14.1 Å². The molecule has 0 aliphatic rings. The Morgan fingerprint density at radius 3 is 2.45 bits per heavy atom. The van der Waals surface area contributed by atoms with Crippen LogP contribution in [-0.2, 0) is 27.1 Å². The molecule has 29 heavy (non-hydrogen) atoms. The fourth-order valence-electron chi connectivity index (χ4n) is 3.16. The molecular formula is C19H26ClN5O4. The smallest absolute Gasteiger partial charge is 0.332 e. The van der Waals surface area contributed by atoms with Crippen LogP contribution in [0.4, 0.5) is 0 Å². The van der Waals surface area contributed by atoms with Gasteiger partial charge in [0.25, 0.3) is 5.56 Å². The van der Waals surface area contributed by atoms with Gasteiger partial charge in [0, 0.05) is 27.2 Å². The van der Waals surface area contributed by atoms with Gasteiger partial charge in [0.05, 0.1) is 20.5 Å². The monoisotopic (exact) mass is 423 g/mol. The largest absolute Gasteiger partial charge is 0.493 e. The number of rotatable bonds is 8. The van der Waals surface area contributed by atoms with Gasteiger partial charge in [-0.15, -0.1) is 12.4 Å². The zero-order chi connectivity index (χ0) is 20.3. The van der Waals surface area contributed by atoms with Crippen molar-refractivity contribution in [2.75, 3.05) is 27.3 Å². The summed E-state index contributed by atoms with van der Waals surface area (Å²) in [7, 11) is 6.32. The van der Waals surface area contributed by atoms with E-state index in [1.807, 2.05) is 18.2 Å². The number of nitrogens with one attached hydrogen (secondary N) is 1. The van der Waals surface area contributed by atoms with Crippen molar-refractivity contribution in [3.8, 4) is 11.5 Å². The molecule has 0 fully saturated rings. The molecule has 0 bridgehead atoms. The van der Waals surface area contributed by atoms with E-state index in [2.05, 4.69) is 10.3 Å². The van der Waals surface area contributed by atoms with E-state index < -0.39 is 0 Å². The first-order chi connectivity index (χ1) is 13.5. The number of hydrogen-bond donors (Lipinski definition) is 1. The Morgan fingerprint density at radius 2 is 1.76 bits per heavy atom. The molecule has 158 valence electrons. The molecule has 0 radical (unpaired) electrons. The summed E-state index contributed by atoms with van der Waals surface area (Å²) in [6.45, 7) is 2.03. The van der Waals surface area contributed by atoms with E-state index in [0.29, 0.717) is 35.8 Å². The average Bonchev–Trinajstić information content (AvgIpc) is 3.14. The minimum atomic E-state index is -0.379. The van der Waals surface area contributed by atoms with Gasteiger partial charge >= 0.3 is 5.69 Å². The van der Waals surface area contributed by atoms with Crippen molar-refractivity contribution >= 4 is 23.6 Å². The lowest BCUT2D eigenvalue weighted by atomic mass is 10.1. The first-order valence-electron chi connectivity index (χ1n) is 9.00. The number of imidazole rings is 1. The van der Waals surface area contributed by atoms with E-state index in [-0.39, 0.29) is 23.7 Å². The highest BCUT2D eigenvalue weighted by Gasteiger charge is 2.13. The van der Waals surface area contributed by atoms with Crippen LogP contribution in [-0.4, -0.2) is 46.0 Å². The summed E-state index contributed by atoms with van der Waals surface area (Å²) in [6.07, 6.45) is 2.43. The van der Waals surface area contributed by atoms with E-state index in [1.165, 1.54) is 11.6 Å². The maximum atomic E-state index is 12.4. The third-order valence-corrected chi connectivity index (χ3v) is 4.79. The third-order valence-electron chi connectivity index (χ3n) is 4.79. The molecule has 0 atom stereocenters. The normalized spacial score (nSPS) is 10.8. The molecule has 10 heteroatoms. The molecule has 0 aliphatic heterocycles. The van der Waals surface area contributed by atoms with Crippen molar-refractivity contribution < 1.29 is 9.47 Å². The Labute approximate surface area is 174 Å². The highest BCUT2D eigenvalue weighted by Crippen LogP contribution is 2.27. The third kappa shape index (κ3) is 4.46. The Balaban J connectivity index is 0.00000300. The predicted octanol–water partition coefficient (Wildman–Crippen LogP) is 0.705. The van der Waals surface area contributed by atoms with Gasteiger partial charge in [0.1, 0.15) is 0 Å². The Kier molecular flexibility index (Phi) is 7.46. The number of ether oxygens (including phenoxy) is 2. The molecule has 0 aliphatic carbocycles.